The van der Waals surface area contributed by atoms with Gasteiger partial charge in [0.15, 0.2) is 0 Å². The highest BCUT2D eigenvalue weighted by molar-refractivity contribution is 6.09. The zero-order chi connectivity index (χ0) is 17.5. The molecule has 2 aromatic rings. The van der Waals surface area contributed by atoms with Crippen LogP contribution in [-0.4, -0.2) is 31.4 Å². The number of halogens is 1. The van der Waals surface area contributed by atoms with Crippen LogP contribution in [0.3, 0.4) is 0 Å². The molecule has 0 heterocycles. The molecule has 0 aromatic heterocycles. The van der Waals surface area contributed by atoms with Crippen molar-refractivity contribution in [2.75, 3.05) is 18.9 Å². The average Bonchev–Trinajstić information content (AvgIpc) is 2.59. The molecule has 0 aliphatic carbocycles. The van der Waals surface area contributed by atoms with Crippen LogP contribution in [0, 0.1) is 6.92 Å². The molecule has 134 valence electrons. The first-order valence-electron chi connectivity index (χ1n) is 7.93. The van der Waals surface area contributed by atoms with Crippen molar-refractivity contribution in [2.24, 2.45) is 0 Å². The van der Waals surface area contributed by atoms with Gasteiger partial charge in [-0.1, -0.05) is 29.8 Å². The molecule has 0 radical (unpaired) electrons. The molecule has 0 aliphatic heterocycles. The second kappa shape index (κ2) is 9.81. The van der Waals surface area contributed by atoms with E-state index >= 15 is 0 Å². The van der Waals surface area contributed by atoms with Crippen LogP contribution in [0.4, 0.5) is 5.69 Å². The van der Waals surface area contributed by atoms with Gasteiger partial charge in [0.2, 0.25) is 0 Å². The average molecular weight is 362 g/mol. The molecule has 1 unspecified atom stereocenters. The Kier molecular flexibility index (Phi) is 8.11. The fourth-order valence-corrected chi connectivity index (χ4v) is 2.21. The number of aryl methyl sites for hydroxylation is 1. The van der Waals surface area contributed by atoms with Gasteiger partial charge in [-0.15, -0.1) is 12.4 Å². The lowest BCUT2D eigenvalue weighted by molar-refractivity contribution is 0.0951. The monoisotopic (exact) mass is 361 g/mol. The summed E-state index contributed by atoms with van der Waals surface area (Å²) in [5, 5.41) is 8.74. The number of amides is 2. The Morgan fingerprint density at radius 1 is 1.04 bits per heavy atom. The Morgan fingerprint density at radius 3 is 2.44 bits per heavy atom. The van der Waals surface area contributed by atoms with Gasteiger partial charge < -0.3 is 16.0 Å². The Bertz CT molecular complexity index is 734. The number of likely N-dealkylation sites (N-methyl/N-ethyl adjacent to an activating group) is 1. The molecule has 0 aliphatic rings. The standard InChI is InChI=1S/C19H23N3O2.ClH/c1-13-7-6-8-15(11-13)18(23)22-17-10-5-4-9-16(17)19(24)21-12-14(2)20-3;/h4-11,14,20H,12H2,1-3H3,(H,21,24)(H,22,23);1H. The number of hydrogen-bond acceptors (Lipinski definition) is 3. The van der Waals surface area contributed by atoms with Crippen LogP contribution < -0.4 is 16.0 Å². The number of carbonyl (C=O) groups excluding carboxylic acids is 2. The number of hydrogen-bond donors (Lipinski definition) is 3. The number of anilines is 1. The van der Waals surface area contributed by atoms with Gasteiger partial charge in [-0.25, -0.2) is 0 Å². The van der Waals surface area contributed by atoms with Crippen LogP contribution in [0.2, 0.25) is 0 Å². The highest BCUT2D eigenvalue weighted by Gasteiger charge is 2.14. The van der Waals surface area contributed by atoms with Crippen molar-refractivity contribution in [2.45, 2.75) is 19.9 Å². The Labute approximate surface area is 154 Å². The highest BCUT2D eigenvalue weighted by atomic mass is 35.5. The molecule has 0 spiro atoms. The lowest BCUT2D eigenvalue weighted by Gasteiger charge is -2.14. The summed E-state index contributed by atoms with van der Waals surface area (Å²) in [7, 11) is 1.84. The number of benzene rings is 2. The van der Waals surface area contributed by atoms with Gasteiger partial charge in [0.05, 0.1) is 11.3 Å². The minimum atomic E-state index is -0.234. The predicted octanol–water partition coefficient (Wildman–Crippen LogP) is 3.01. The van der Waals surface area contributed by atoms with Crippen LogP contribution in [0.5, 0.6) is 0 Å². The third kappa shape index (κ3) is 5.89. The van der Waals surface area contributed by atoms with E-state index in [9.17, 15) is 9.59 Å². The van der Waals surface area contributed by atoms with Crippen LogP contribution in [0.25, 0.3) is 0 Å². The third-order valence-corrected chi connectivity index (χ3v) is 3.76. The Hall–Kier alpha value is -2.37. The maximum absolute atomic E-state index is 12.4. The van der Waals surface area contributed by atoms with Crippen molar-refractivity contribution in [3.05, 3.63) is 65.2 Å². The molecule has 5 nitrogen and oxygen atoms in total. The molecule has 6 heteroatoms. The normalized spacial score (nSPS) is 11.2. The smallest absolute Gasteiger partial charge is 0.255 e. The van der Waals surface area contributed by atoms with E-state index in [1.54, 1.807) is 30.3 Å². The van der Waals surface area contributed by atoms with Gasteiger partial charge in [-0.3, -0.25) is 9.59 Å². The Morgan fingerprint density at radius 2 is 1.76 bits per heavy atom. The predicted molar refractivity (Wildman–Crippen MR) is 104 cm³/mol. The molecule has 0 fully saturated rings. The fourth-order valence-electron chi connectivity index (χ4n) is 2.21. The lowest BCUT2D eigenvalue weighted by atomic mass is 10.1. The van der Waals surface area contributed by atoms with E-state index in [1.807, 2.05) is 39.1 Å². The van der Waals surface area contributed by atoms with Crippen molar-refractivity contribution in [1.29, 1.82) is 0 Å². The van der Waals surface area contributed by atoms with Gasteiger partial charge in [0, 0.05) is 18.2 Å². The lowest BCUT2D eigenvalue weighted by Crippen LogP contribution is -2.37. The Balaban J connectivity index is 0.00000312. The second-order valence-electron chi connectivity index (χ2n) is 5.77. The zero-order valence-corrected chi connectivity index (χ0v) is 15.4. The van der Waals surface area contributed by atoms with Crippen molar-refractivity contribution < 1.29 is 9.59 Å². The maximum atomic E-state index is 12.4. The molecule has 25 heavy (non-hydrogen) atoms. The highest BCUT2D eigenvalue weighted by Crippen LogP contribution is 2.16. The largest absolute Gasteiger partial charge is 0.350 e. The number of para-hydroxylation sites is 1. The van der Waals surface area contributed by atoms with E-state index in [1.165, 1.54) is 0 Å². The van der Waals surface area contributed by atoms with E-state index in [-0.39, 0.29) is 30.3 Å². The first-order valence-corrected chi connectivity index (χ1v) is 7.93. The van der Waals surface area contributed by atoms with Crippen molar-refractivity contribution in [3.63, 3.8) is 0 Å². The molecule has 1 atom stereocenters. The summed E-state index contributed by atoms with van der Waals surface area (Å²) in [4.78, 5) is 24.8. The van der Waals surface area contributed by atoms with Gasteiger partial charge in [0.1, 0.15) is 0 Å². The number of carbonyl (C=O) groups is 2. The van der Waals surface area contributed by atoms with E-state index in [4.69, 9.17) is 0 Å². The fraction of sp³-hybridized carbons (Fsp3) is 0.263. The summed E-state index contributed by atoms with van der Waals surface area (Å²) < 4.78 is 0. The molecule has 0 saturated heterocycles. The summed E-state index contributed by atoms with van der Waals surface area (Å²) in [6.07, 6.45) is 0. The van der Waals surface area contributed by atoms with E-state index in [0.29, 0.717) is 23.4 Å². The molecule has 2 rings (SSSR count). The SMILES string of the molecule is CNC(C)CNC(=O)c1ccccc1NC(=O)c1cccc(C)c1.Cl. The van der Waals surface area contributed by atoms with Gasteiger partial charge in [-0.05, 0) is 45.2 Å². The first kappa shape index (κ1) is 20.7. The number of rotatable bonds is 6. The molecule has 2 aromatic carbocycles. The number of nitrogens with one attached hydrogen (secondary N) is 3. The summed E-state index contributed by atoms with van der Waals surface area (Å²) >= 11 is 0. The van der Waals surface area contributed by atoms with Crippen molar-refractivity contribution >= 4 is 29.9 Å². The molecule has 2 amide bonds. The van der Waals surface area contributed by atoms with E-state index < -0.39 is 0 Å². The summed E-state index contributed by atoms with van der Waals surface area (Å²) in [5.74, 6) is -0.445. The van der Waals surface area contributed by atoms with Crippen LogP contribution in [-0.2, 0) is 0 Å². The molecular formula is C19H24ClN3O2. The maximum Gasteiger partial charge on any atom is 0.255 e. The summed E-state index contributed by atoms with van der Waals surface area (Å²) in [5.41, 5.74) is 2.52. The van der Waals surface area contributed by atoms with Gasteiger partial charge in [-0.2, -0.15) is 0 Å². The minimum absolute atomic E-state index is 0. The summed E-state index contributed by atoms with van der Waals surface area (Å²) in [6.45, 7) is 4.42. The molecular weight excluding hydrogens is 338 g/mol. The van der Waals surface area contributed by atoms with Gasteiger partial charge in [0.25, 0.3) is 11.8 Å². The van der Waals surface area contributed by atoms with Crippen LogP contribution in [0.15, 0.2) is 48.5 Å². The quantitative estimate of drug-likeness (QED) is 0.740. The van der Waals surface area contributed by atoms with Crippen LogP contribution >= 0.6 is 12.4 Å². The van der Waals surface area contributed by atoms with Crippen LogP contribution in [0.1, 0.15) is 33.2 Å². The molecule has 0 bridgehead atoms. The zero-order valence-electron chi connectivity index (χ0n) is 14.6. The van der Waals surface area contributed by atoms with E-state index in [2.05, 4.69) is 16.0 Å². The second-order valence-corrected chi connectivity index (χ2v) is 5.77. The molecule has 0 saturated carbocycles. The first-order chi connectivity index (χ1) is 11.5. The third-order valence-electron chi connectivity index (χ3n) is 3.76. The van der Waals surface area contributed by atoms with Crippen molar-refractivity contribution in [3.8, 4) is 0 Å². The van der Waals surface area contributed by atoms with Gasteiger partial charge >= 0.3 is 0 Å². The van der Waals surface area contributed by atoms with Crippen molar-refractivity contribution in [1.82, 2.24) is 10.6 Å². The van der Waals surface area contributed by atoms with E-state index in [0.717, 1.165) is 5.56 Å². The summed E-state index contributed by atoms with van der Waals surface area (Å²) in [6, 6.07) is 14.5. The minimum Gasteiger partial charge on any atom is -0.350 e. The molecule has 3 N–H and O–H groups in total. The topological polar surface area (TPSA) is 70.2 Å².